The fraction of sp³-hybridized carbons (Fsp3) is 0.512. The van der Waals surface area contributed by atoms with E-state index in [-0.39, 0.29) is 29.7 Å². The molecule has 0 spiro atoms. The van der Waals surface area contributed by atoms with Crippen LogP contribution in [0.1, 0.15) is 54.1 Å². The molecule has 13 nitrogen and oxygen atoms in total. The molecule has 1 aromatic heterocycles. The van der Waals surface area contributed by atoms with E-state index in [0.717, 1.165) is 30.5 Å². The van der Waals surface area contributed by atoms with Gasteiger partial charge in [-0.2, -0.15) is 0 Å². The van der Waals surface area contributed by atoms with E-state index in [1.165, 1.54) is 21.3 Å². The summed E-state index contributed by atoms with van der Waals surface area (Å²) in [5.41, 5.74) is 4.49. The number of aromatic nitrogens is 1. The molecule has 2 amide bonds. The molecule has 15 heteroatoms. The summed E-state index contributed by atoms with van der Waals surface area (Å²) in [6.07, 6.45) is 6.30. The molecule has 3 aromatic rings. The standard InChI is InChI=1S/C41H52Cl2N6O7/c1-5-56-36(50)27-47-19-21-49(22-20-47)45-39(52)41(31-7-6-14-44-26-31)12-16-46(17-13-41)15-10-40(30-8-9-32(42)33(43)25-30)11-18-48(28-40)38(51)29-23-34(53-2)37(55-4)35(24-29)54-3/h6-9,14,23-26H,5,10-13,15-22,27-28H2,1-4H3,(H,45,52)/t40-/m1/s1. The highest BCUT2D eigenvalue weighted by Crippen LogP contribution is 2.43. The fourth-order valence-electron chi connectivity index (χ4n) is 8.32. The fourth-order valence-corrected chi connectivity index (χ4v) is 8.62. The average molecular weight is 812 g/mol. The number of hydrogen-bond acceptors (Lipinski definition) is 11. The summed E-state index contributed by atoms with van der Waals surface area (Å²) in [4.78, 5) is 51.1. The van der Waals surface area contributed by atoms with Crippen molar-refractivity contribution in [3.8, 4) is 17.2 Å². The number of pyridine rings is 1. The summed E-state index contributed by atoms with van der Waals surface area (Å²) in [7, 11) is 4.59. The number of nitrogens with zero attached hydrogens (tertiary/aromatic N) is 5. The van der Waals surface area contributed by atoms with Crippen LogP contribution in [0.5, 0.6) is 17.2 Å². The van der Waals surface area contributed by atoms with Gasteiger partial charge in [0, 0.05) is 62.6 Å². The summed E-state index contributed by atoms with van der Waals surface area (Å²) >= 11 is 13.0. The van der Waals surface area contributed by atoms with Gasteiger partial charge in [-0.15, -0.1) is 0 Å². The molecular weight excluding hydrogens is 759 g/mol. The van der Waals surface area contributed by atoms with E-state index in [2.05, 4.69) is 15.3 Å². The number of rotatable bonds is 14. The van der Waals surface area contributed by atoms with E-state index in [1.54, 1.807) is 25.3 Å². The number of likely N-dealkylation sites (tertiary alicyclic amines) is 2. The Bertz CT molecular complexity index is 1830. The Labute approximate surface area is 339 Å². The van der Waals surface area contributed by atoms with Crippen molar-refractivity contribution in [3.63, 3.8) is 0 Å². The lowest BCUT2D eigenvalue weighted by atomic mass is 9.72. The molecule has 0 aliphatic carbocycles. The van der Waals surface area contributed by atoms with Gasteiger partial charge in [0.1, 0.15) is 0 Å². The summed E-state index contributed by atoms with van der Waals surface area (Å²) in [6.45, 7) is 8.15. The van der Waals surface area contributed by atoms with E-state index >= 15 is 0 Å². The van der Waals surface area contributed by atoms with Crippen LogP contribution in [0.15, 0.2) is 54.9 Å². The third-order valence-corrected chi connectivity index (χ3v) is 12.4. The van der Waals surface area contributed by atoms with Gasteiger partial charge in [-0.1, -0.05) is 35.3 Å². The number of carbonyl (C=O) groups excluding carboxylic acids is 3. The Hall–Kier alpha value is -4.14. The maximum Gasteiger partial charge on any atom is 0.320 e. The molecule has 3 aliphatic rings. The van der Waals surface area contributed by atoms with Crippen LogP contribution in [-0.2, 0) is 25.2 Å². The number of benzene rings is 2. The zero-order chi connectivity index (χ0) is 39.9. The van der Waals surface area contributed by atoms with E-state index in [9.17, 15) is 14.4 Å². The Morgan fingerprint density at radius 2 is 1.54 bits per heavy atom. The Morgan fingerprint density at radius 3 is 2.14 bits per heavy atom. The Kier molecular flexibility index (Phi) is 13.6. The molecule has 3 aliphatic heterocycles. The van der Waals surface area contributed by atoms with E-state index < -0.39 is 5.41 Å². The number of piperidine rings is 1. The second-order valence-electron chi connectivity index (χ2n) is 14.7. The maximum atomic E-state index is 14.3. The number of piperazine rings is 1. The highest BCUT2D eigenvalue weighted by atomic mass is 35.5. The second-order valence-corrected chi connectivity index (χ2v) is 15.5. The average Bonchev–Trinajstić information content (AvgIpc) is 3.67. The molecule has 4 heterocycles. The quantitative estimate of drug-likeness (QED) is 0.225. The van der Waals surface area contributed by atoms with Gasteiger partial charge in [0.05, 0.1) is 49.9 Å². The van der Waals surface area contributed by atoms with Gasteiger partial charge in [0.15, 0.2) is 11.5 Å². The van der Waals surface area contributed by atoms with E-state index in [0.29, 0.717) is 105 Å². The van der Waals surface area contributed by atoms with Crippen LogP contribution >= 0.6 is 23.2 Å². The number of nitrogens with one attached hydrogen (secondary N) is 1. The van der Waals surface area contributed by atoms with Crippen molar-refractivity contribution < 1.29 is 33.3 Å². The third-order valence-electron chi connectivity index (χ3n) is 11.6. The van der Waals surface area contributed by atoms with Crippen molar-refractivity contribution in [1.29, 1.82) is 0 Å². The number of ether oxygens (including phenoxy) is 4. The number of hydrazine groups is 1. The highest BCUT2D eigenvalue weighted by molar-refractivity contribution is 6.42. The van der Waals surface area contributed by atoms with Gasteiger partial charge in [-0.05, 0) is 93.7 Å². The summed E-state index contributed by atoms with van der Waals surface area (Å²) < 4.78 is 21.7. The van der Waals surface area contributed by atoms with Gasteiger partial charge in [-0.3, -0.25) is 29.7 Å². The van der Waals surface area contributed by atoms with Crippen molar-refractivity contribution in [2.24, 2.45) is 0 Å². The lowest BCUT2D eigenvalue weighted by Crippen LogP contribution is -2.59. The molecule has 302 valence electrons. The Morgan fingerprint density at radius 1 is 0.821 bits per heavy atom. The molecule has 2 aromatic carbocycles. The first kappa shape index (κ1) is 41.5. The van der Waals surface area contributed by atoms with Crippen molar-refractivity contribution in [3.05, 3.63) is 81.6 Å². The normalized spacial score (nSPS) is 20.4. The summed E-state index contributed by atoms with van der Waals surface area (Å²) in [5.74, 6) is 0.865. The number of methoxy groups -OCH3 is 3. The van der Waals surface area contributed by atoms with Crippen LogP contribution < -0.4 is 19.6 Å². The topological polar surface area (TPSA) is 126 Å². The second kappa shape index (κ2) is 18.4. The molecule has 1 N–H and O–H groups in total. The third kappa shape index (κ3) is 9.02. The van der Waals surface area contributed by atoms with Crippen LogP contribution in [0, 0.1) is 0 Å². The van der Waals surface area contributed by atoms with Gasteiger partial charge in [0.25, 0.3) is 5.91 Å². The van der Waals surface area contributed by atoms with Crippen LogP contribution in [0.2, 0.25) is 10.0 Å². The number of hydrogen-bond donors (Lipinski definition) is 1. The predicted molar refractivity (Wildman–Crippen MR) is 214 cm³/mol. The van der Waals surface area contributed by atoms with Gasteiger partial charge in [0.2, 0.25) is 11.7 Å². The maximum absolute atomic E-state index is 14.3. The predicted octanol–water partition coefficient (Wildman–Crippen LogP) is 4.83. The van der Waals surface area contributed by atoms with Gasteiger partial charge < -0.3 is 28.7 Å². The first-order valence-electron chi connectivity index (χ1n) is 19.2. The minimum Gasteiger partial charge on any atom is -0.493 e. The van der Waals surface area contributed by atoms with E-state index in [1.807, 2.05) is 51.3 Å². The molecule has 3 saturated heterocycles. The molecule has 0 saturated carbocycles. The van der Waals surface area contributed by atoms with Gasteiger partial charge >= 0.3 is 5.97 Å². The van der Waals surface area contributed by atoms with Crippen molar-refractivity contribution in [2.75, 3.05) is 93.4 Å². The molecule has 0 unspecified atom stereocenters. The SMILES string of the molecule is CCOC(=O)CN1CCN(NC(=O)C2(c3cccnc3)CCN(CC[C@@]3(c4ccc(Cl)c(Cl)c4)CCN(C(=O)c4cc(OC)c(OC)c(OC)c4)C3)CC2)CC1. The lowest BCUT2D eigenvalue weighted by Gasteiger charge is -2.43. The largest absolute Gasteiger partial charge is 0.493 e. The Balaban J connectivity index is 1.15. The first-order chi connectivity index (χ1) is 27.0. The zero-order valence-electron chi connectivity index (χ0n) is 32.7. The number of halogens is 2. The first-order valence-corrected chi connectivity index (χ1v) is 19.9. The summed E-state index contributed by atoms with van der Waals surface area (Å²) in [6, 6.07) is 13.0. The van der Waals surface area contributed by atoms with Crippen LogP contribution in [0.25, 0.3) is 0 Å². The van der Waals surface area contributed by atoms with E-state index in [4.69, 9.17) is 42.1 Å². The van der Waals surface area contributed by atoms with Gasteiger partial charge in [-0.25, -0.2) is 5.01 Å². The number of esters is 1. The molecule has 56 heavy (non-hydrogen) atoms. The minimum atomic E-state index is -0.745. The smallest absolute Gasteiger partial charge is 0.320 e. The van der Waals surface area contributed by atoms with Crippen molar-refractivity contribution in [2.45, 2.75) is 43.4 Å². The highest BCUT2D eigenvalue weighted by Gasteiger charge is 2.46. The molecular formula is C41H52Cl2N6O7. The monoisotopic (exact) mass is 810 g/mol. The van der Waals surface area contributed by atoms with Crippen molar-refractivity contribution in [1.82, 2.24) is 30.1 Å². The lowest BCUT2D eigenvalue weighted by molar-refractivity contribution is -0.145. The summed E-state index contributed by atoms with van der Waals surface area (Å²) in [5, 5.41) is 2.91. The molecule has 0 radical (unpaired) electrons. The molecule has 6 rings (SSSR count). The molecule has 1 atom stereocenters. The zero-order valence-corrected chi connectivity index (χ0v) is 34.2. The minimum absolute atomic E-state index is 0.0343. The van der Waals surface area contributed by atoms with Crippen LogP contribution in [0.3, 0.4) is 0 Å². The van der Waals surface area contributed by atoms with Crippen molar-refractivity contribution >= 4 is 41.0 Å². The molecule has 0 bridgehead atoms. The molecule has 3 fully saturated rings. The van der Waals surface area contributed by atoms with Crippen LogP contribution in [0.4, 0.5) is 0 Å². The number of carbonyl (C=O) groups is 3. The van der Waals surface area contributed by atoms with Crippen LogP contribution in [-0.4, -0.2) is 136 Å². The number of amides is 2.